The molecule has 0 atom stereocenters. The highest BCUT2D eigenvalue weighted by Gasteiger charge is 2.07. The second-order valence-electron chi connectivity index (χ2n) is 4.00. The first-order valence-electron chi connectivity index (χ1n) is 5.83. The van der Waals surface area contributed by atoms with Gasteiger partial charge in [-0.3, -0.25) is 4.98 Å². The molecule has 2 N–H and O–H groups in total. The summed E-state index contributed by atoms with van der Waals surface area (Å²) in [6.45, 7) is 0.528. The van der Waals surface area contributed by atoms with Crippen LogP contribution in [0.1, 0.15) is 16.1 Å². The molecule has 0 unspecified atom stereocenters. The van der Waals surface area contributed by atoms with Crippen molar-refractivity contribution in [1.82, 2.24) is 4.98 Å². The number of halogens is 1. The zero-order valence-electron chi connectivity index (χ0n) is 10.1. The first-order valence-corrected chi connectivity index (χ1v) is 5.83. The highest BCUT2D eigenvalue weighted by atomic mass is 19.1. The van der Waals surface area contributed by atoms with Gasteiger partial charge in [0.05, 0.1) is 11.3 Å². The van der Waals surface area contributed by atoms with E-state index >= 15 is 0 Å². The average molecular weight is 260 g/mol. The number of aromatic carboxylic acids is 1. The quantitative estimate of drug-likeness (QED) is 0.867. The lowest BCUT2D eigenvalue weighted by Gasteiger charge is -2.07. The lowest BCUT2D eigenvalue weighted by Crippen LogP contribution is -2.08. The summed E-state index contributed by atoms with van der Waals surface area (Å²) in [6.07, 6.45) is 2.37. The SMILES string of the molecule is O=C(O)c1ccc(NCCc2ccccn2)c(F)c1. The zero-order chi connectivity index (χ0) is 13.7. The third kappa shape index (κ3) is 3.51. The molecule has 1 aromatic carbocycles. The van der Waals surface area contributed by atoms with Crippen molar-refractivity contribution in [2.45, 2.75) is 6.42 Å². The Bertz CT molecular complexity index is 573. The largest absolute Gasteiger partial charge is 0.478 e. The highest BCUT2D eigenvalue weighted by molar-refractivity contribution is 5.88. The molecule has 5 heteroatoms. The molecule has 0 bridgehead atoms. The van der Waals surface area contributed by atoms with Crippen LogP contribution in [-0.2, 0) is 6.42 Å². The molecule has 2 rings (SSSR count). The van der Waals surface area contributed by atoms with Crippen LogP contribution in [0.15, 0.2) is 42.6 Å². The molecule has 0 fully saturated rings. The fourth-order valence-electron chi connectivity index (χ4n) is 1.66. The van der Waals surface area contributed by atoms with Crippen molar-refractivity contribution in [3.05, 3.63) is 59.7 Å². The van der Waals surface area contributed by atoms with E-state index < -0.39 is 11.8 Å². The van der Waals surface area contributed by atoms with Crippen LogP contribution in [0, 0.1) is 5.82 Å². The lowest BCUT2D eigenvalue weighted by molar-refractivity contribution is 0.0696. The van der Waals surface area contributed by atoms with E-state index in [1.807, 2.05) is 18.2 Å². The van der Waals surface area contributed by atoms with Crippen molar-refractivity contribution in [2.24, 2.45) is 0 Å². The Balaban J connectivity index is 1.95. The number of carboxylic acids is 1. The number of nitrogens with zero attached hydrogens (tertiary/aromatic N) is 1. The Morgan fingerprint density at radius 1 is 1.32 bits per heavy atom. The number of carboxylic acid groups (broad SMARTS) is 1. The molecule has 0 radical (unpaired) electrons. The summed E-state index contributed by atoms with van der Waals surface area (Å²) < 4.78 is 13.6. The summed E-state index contributed by atoms with van der Waals surface area (Å²) in [5.41, 5.74) is 1.14. The van der Waals surface area contributed by atoms with Crippen LogP contribution >= 0.6 is 0 Å². The number of hydrogen-bond donors (Lipinski definition) is 2. The van der Waals surface area contributed by atoms with Crippen molar-refractivity contribution < 1.29 is 14.3 Å². The monoisotopic (exact) mass is 260 g/mol. The molecule has 0 saturated carbocycles. The van der Waals surface area contributed by atoms with Gasteiger partial charge >= 0.3 is 5.97 Å². The highest BCUT2D eigenvalue weighted by Crippen LogP contribution is 2.15. The normalized spacial score (nSPS) is 10.2. The van der Waals surface area contributed by atoms with Gasteiger partial charge in [0.2, 0.25) is 0 Å². The number of hydrogen-bond acceptors (Lipinski definition) is 3. The van der Waals surface area contributed by atoms with Gasteiger partial charge in [0.15, 0.2) is 0 Å². The molecule has 0 spiro atoms. The summed E-state index contributed by atoms with van der Waals surface area (Å²) >= 11 is 0. The number of carbonyl (C=O) groups is 1. The Morgan fingerprint density at radius 2 is 2.16 bits per heavy atom. The molecule has 4 nitrogen and oxygen atoms in total. The van der Waals surface area contributed by atoms with Crippen molar-refractivity contribution in [3.63, 3.8) is 0 Å². The van der Waals surface area contributed by atoms with E-state index in [1.54, 1.807) is 6.20 Å². The molecule has 2 aromatic rings. The minimum Gasteiger partial charge on any atom is -0.478 e. The van der Waals surface area contributed by atoms with Gasteiger partial charge in [-0.25, -0.2) is 9.18 Å². The maximum Gasteiger partial charge on any atom is 0.335 e. The molecule has 0 aliphatic carbocycles. The van der Waals surface area contributed by atoms with Crippen LogP contribution in [0.5, 0.6) is 0 Å². The van der Waals surface area contributed by atoms with Crippen LogP contribution in [0.25, 0.3) is 0 Å². The Kier molecular flexibility index (Phi) is 4.07. The topological polar surface area (TPSA) is 62.2 Å². The second kappa shape index (κ2) is 5.95. The van der Waals surface area contributed by atoms with Crippen molar-refractivity contribution >= 4 is 11.7 Å². The fourth-order valence-corrected chi connectivity index (χ4v) is 1.66. The van der Waals surface area contributed by atoms with E-state index in [9.17, 15) is 9.18 Å². The van der Waals surface area contributed by atoms with Gasteiger partial charge in [-0.2, -0.15) is 0 Å². The number of anilines is 1. The molecule has 0 aliphatic rings. The van der Waals surface area contributed by atoms with E-state index in [0.717, 1.165) is 11.8 Å². The molecule has 0 aliphatic heterocycles. The van der Waals surface area contributed by atoms with E-state index in [-0.39, 0.29) is 5.56 Å². The Morgan fingerprint density at radius 3 is 2.79 bits per heavy atom. The Hall–Kier alpha value is -2.43. The lowest BCUT2D eigenvalue weighted by atomic mass is 10.2. The maximum absolute atomic E-state index is 13.6. The first kappa shape index (κ1) is 13.0. The van der Waals surface area contributed by atoms with Crippen LogP contribution < -0.4 is 5.32 Å². The van der Waals surface area contributed by atoms with Gasteiger partial charge in [0.25, 0.3) is 0 Å². The number of rotatable bonds is 5. The summed E-state index contributed by atoms with van der Waals surface area (Å²) in [5, 5.41) is 11.6. The minimum atomic E-state index is -1.14. The van der Waals surface area contributed by atoms with Crippen LogP contribution in [0.2, 0.25) is 0 Å². The molecular weight excluding hydrogens is 247 g/mol. The molecule has 0 amide bonds. The van der Waals surface area contributed by atoms with E-state index in [4.69, 9.17) is 5.11 Å². The van der Waals surface area contributed by atoms with Gasteiger partial charge < -0.3 is 10.4 Å². The molecular formula is C14H13FN2O2. The molecule has 98 valence electrons. The van der Waals surface area contributed by atoms with Crippen molar-refractivity contribution in [2.75, 3.05) is 11.9 Å². The summed E-state index contributed by atoms with van der Waals surface area (Å²) in [7, 11) is 0. The van der Waals surface area contributed by atoms with E-state index in [1.165, 1.54) is 12.1 Å². The molecule has 0 saturated heterocycles. The Labute approximate surface area is 109 Å². The number of nitrogens with one attached hydrogen (secondary N) is 1. The predicted molar refractivity (Wildman–Crippen MR) is 69.8 cm³/mol. The van der Waals surface area contributed by atoms with Crippen molar-refractivity contribution in [3.8, 4) is 0 Å². The first-order chi connectivity index (χ1) is 9.16. The smallest absolute Gasteiger partial charge is 0.335 e. The number of aromatic nitrogens is 1. The zero-order valence-corrected chi connectivity index (χ0v) is 10.1. The van der Waals surface area contributed by atoms with E-state index in [0.29, 0.717) is 18.7 Å². The van der Waals surface area contributed by atoms with E-state index in [2.05, 4.69) is 10.3 Å². The average Bonchev–Trinajstić information content (AvgIpc) is 2.41. The predicted octanol–water partition coefficient (Wildman–Crippen LogP) is 2.57. The molecule has 1 aromatic heterocycles. The molecule has 19 heavy (non-hydrogen) atoms. The second-order valence-corrected chi connectivity index (χ2v) is 4.00. The van der Waals surface area contributed by atoms with Crippen molar-refractivity contribution in [1.29, 1.82) is 0 Å². The van der Waals surface area contributed by atoms with Crippen LogP contribution in [-0.4, -0.2) is 22.6 Å². The maximum atomic E-state index is 13.6. The van der Waals surface area contributed by atoms with Gasteiger partial charge in [-0.1, -0.05) is 6.07 Å². The summed E-state index contributed by atoms with van der Waals surface area (Å²) in [4.78, 5) is 14.8. The number of benzene rings is 1. The van der Waals surface area contributed by atoms with Gasteiger partial charge in [-0.05, 0) is 30.3 Å². The standard InChI is InChI=1S/C14H13FN2O2/c15-12-9-10(14(18)19)4-5-13(12)17-8-6-11-3-1-2-7-16-11/h1-5,7,9,17H,6,8H2,(H,18,19). The van der Waals surface area contributed by atoms with Gasteiger partial charge in [0, 0.05) is 24.9 Å². The third-order valence-electron chi connectivity index (χ3n) is 2.64. The molecule has 1 heterocycles. The van der Waals surface area contributed by atoms with Crippen LogP contribution in [0.4, 0.5) is 10.1 Å². The van der Waals surface area contributed by atoms with Gasteiger partial charge in [-0.15, -0.1) is 0 Å². The van der Waals surface area contributed by atoms with Gasteiger partial charge in [0.1, 0.15) is 5.82 Å². The minimum absolute atomic E-state index is 0.0622. The third-order valence-corrected chi connectivity index (χ3v) is 2.64. The summed E-state index contributed by atoms with van der Waals surface area (Å²) in [6, 6.07) is 9.43. The van der Waals surface area contributed by atoms with Crippen LogP contribution in [0.3, 0.4) is 0 Å². The summed E-state index contributed by atoms with van der Waals surface area (Å²) in [5.74, 6) is -1.71. The fraction of sp³-hybridized carbons (Fsp3) is 0.143. The number of pyridine rings is 1.